The zero-order chi connectivity index (χ0) is 23.2. The van der Waals surface area contributed by atoms with Crippen molar-refractivity contribution in [3.63, 3.8) is 0 Å². The summed E-state index contributed by atoms with van der Waals surface area (Å²) in [5.74, 6) is -0.403. The lowest BCUT2D eigenvalue weighted by molar-refractivity contribution is -0.141. The van der Waals surface area contributed by atoms with Crippen molar-refractivity contribution in [2.75, 3.05) is 5.32 Å². The van der Waals surface area contributed by atoms with Gasteiger partial charge in [0.2, 0.25) is 5.91 Å². The smallest absolute Gasteiger partial charge is 0.321 e. The number of alkyl halides is 3. The normalized spacial score (nSPS) is 15.1. The van der Waals surface area contributed by atoms with E-state index in [0.29, 0.717) is 23.6 Å². The summed E-state index contributed by atoms with van der Waals surface area (Å²) >= 11 is 0. The number of halogens is 3. The summed E-state index contributed by atoms with van der Waals surface area (Å²) in [6.07, 6.45) is -2.93. The van der Waals surface area contributed by atoms with Crippen LogP contribution in [0.5, 0.6) is 0 Å². The van der Waals surface area contributed by atoms with Crippen LogP contribution in [-0.4, -0.2) is 25.5 Å². The van der Waals surface area contributed by atoms with E-state index in [-0.39, 0.29) is 5.92 Å². The third-order valence-corrected chi connectivity index (χ3v) is 6.01. The SMILES string of the molecule is Cc1ccccc1Cn1nc(C)c(NC(=O)C(C)n2nc(C(F)(F)F)cc2C2CC2)c1C. The van der Waals surface area contributed by atoms with Crippen molar-refractivity contribution in [1.29, 1.82) is 0 Å². The molecule has 0 radical (unpaired) electrons. The fraction of sp³-hybridized carbons (Fsp3) is 0.435. The number of aromatic nitrogens is 4. The van der Waals surface area contributed by atoms with Crippen LogP contribution in [0.4, 0.5) is 18.9 Å². The van der Waals surface area contributed by atoms with Crippen LogP contribution in [0, 0.1) is 20.8 Å². The van der Waals surface area contributed by atoms with Gasteiger partial charge in [0.05, 0.1) is 23.6 Å². The summed E-state index contributed by atoms with van der Waals surface area (Å²) in [6, 6.07) is 8.18. The van der Waals surface area contributed by atoms with Gasteiger partial charge in [-0.05, 0) is 57.7 Å². The van der Waals surface area contributed by atoms with E-state index in [1.165, 1.54) is 4.68 Å². The van der Waals surface area contributed by atoms with Crippen LogP contribution < -0.4 is 5.32 Å². The second-order valence-corrected chi connectivity index (χ2v) is 8.47. The third kappa shape index (κ3) is 4.28. The van der Waals surface area contributed by atoms with Gasteiger partial charge in [-0.25, -0.2) is 0 Å². The molecule has 3 aromatic rings. The lowest BCUT2D eigenvalue weighted by atomic mass is 10.1. The molecule has 9 heteroatoms. The predicted molar refractivity (Wildman–Crippen MR) is 115 cm³/mol. The molecule has 1 amide bonds. The van der Waals surface area contributed by atoms with Gasteiger partial charge in [-0.2, -0.15) is 23.4 Å². The highest BCUT2D eigenvalue weighted by molar-refractivity contribution is 5.94. The maximum absolute atomic E-state index is 13.2. The summed E-state index contributed by atoms with van der Waals surface area (Å²) < 4.78 is 42.7. The molecule has 1 atom stereocenters. The number of anilines is 1. The maximum Gasteiger partial charge on any atom is 0.435 e. The van der Waals surface area contributed by atoms with Crippen molar-refractivity contribution in [2.24, 2.45) is 0 Å². The number of aryl methyl sites for hydroxylation is 2. The number of benzene rings is 1. The molecule has 1 N–H and O–H groups in total. The van der Waals surface area contributed by atoms with E-state index in [0.717, 1.165) is 35.7 Å². The topological polar surface area (TPSA) is 64.7 Å². The minimum Gasteiger partial charge on any atom is -0.321 e. The van der Waals surface area contributed by atoms with E-state index in [2.05, 4.69) is 15.5 Å². The van der Waals surface area contributed by atoms with Crippen LogP contribution in [-0.2, 0) is 17.5 Å². The van der Waals surface area contributed by atoms with Crippen molar-refractivity contribution in [2.45, 2.75) is 65.2 Å². The summed E-state index contributed by atoms with van der Waals surface area (Å²) in [6.45, 7) is 7.82. The van der Waals surface area contributed by atoms with E-state index >= 15 is 0 Å². The number of carbonyl (C=O) groups excluding carboxylic acids is 1. The largest absolute Gasteiger partial charge is 0.435 e. The molecule has 1 unspecified atom stereocenters. The van der Waals surface area contributed by atoms with Gasteiger partial charge >= 0.3 is 6.18 Å². The molecular formula is C23H26F3N5O. The van der Waals surface area contributed by atoms with Crippen molar-refractivity contribution in [3.05, 3.63) is 64.2 Å². The monoisotopic (exact) mass is 445 g/mol. The zero-order valence-corrected chi connectivity index (χ0v) is 18.5. The van der Waals surface area contributed by atoms with Crippen molar-refractivity contribution in [1.82, 2.24) is 19.6 Å². The number of hydrogen-bond donors (Lipinski definition) is 1. The molecule has 1 fully saturated rings. The Hall–Kier alpha value is -3.10. The van der Waals surface area contributed by atoms with Gasteiger partial charge in [0.1, 0.15) is 6.04 Å². The lowest BCUT2D eigenvalue weighted by Gasteiger charge is -2.16. The molecule has 1 aliphatic carbocycles. The number of amides is 1. The fourth-order valence-electron chi connectivity index (χ4n) is 3.86. The van der Waals surface area contributed by atoms with Crippen molar-refractivity contribution < 1.29 is 18.0 Å². The Morgan fingerprint density at radius 2 is 1.88 bits per heavy atom. The molecule has 1 aromatic carbocycles. The number of nitrogens with one attached hydrogen (secondary N) is 1. The second kappa shape index (κ2) is 8.11. The Morgan fingerprint density at radius 1 is 1.19 bits per heavy atom. The van der Waals surface area contributed by atoms with Gasteiger partial charge in [0.25, 0.3) is 0 Å². The quantitative estimate of drug-likeness (QED) is 0.571. The van der Waals surface area contributed by atoms with Crippen molar-refractivity contribution in [3.8, 4) is 0 Å². The van der Waals surface area contributed by atoms with Crippen molar-refractivity contribution >= 4 is 11.6 Å². The maximum atomic E-state index is 13.2. The molecular weight excluding hydrogens is 419 g/mol. The molecule has 0 spiro atoms. The van der Waals surface area contributed by atoms with Gasteiger partial charge in [-0.3, -0.25) is 14.2 Å². The Bertz CT molecular complexity index is 1160. The highest BCUT2D eigenvalue weighted by atomic mass is 19.4. The van der Waals surface area contributed by atoms with Gasteiger partial charge in [0, 0.05) is 11.6 Å². The van der Waals surface area contributed by atoms with Gasteiger partial charge in [-0.15, -0.1) is 0 Å². The summed E-state index contributed by atoms with van der Waals surface area (Å²) in [7, 11) is 0. The average Bonchev–Trinajstić information content (AvgIpc) is 3.42. The third-order valence-electron chi connectivity index (χ3n) is 6.01. The number of rotatable bonds is 6. The van der Waals surface area contributed by atoms with Crippen LogP contribution >= 0.6 is 0 Å². The number of carbonyl (C=O) groups is 1. The van der Waals surface area contributed by atoms with Crippen LogP contribution in [0.25, 0.3) is 0 Å². The van der Waals surface area contributed by atoms with Crippen LogP contribution in [0.3, 0.4) is 0 Å². The van der Waals surface area contributed by atoms with Gasteiger partial charge < -0.3 is 5.32 Å². The lowest BCUT2D eigenvalue weighted by Crippen LogP contribution is -2.26. The molecule has 2 aromatic heterocycles. The Balaban J connectivity index is 1.56. The molecule has 170 valence electrons. The summed E-state index contributed by atoms with van der Waals surface area (Å²) in [4.78, 5) is 13.0. The summed E-state index contributed by atoms with van der Waals surface area (Å²) in [5, 5.41) is 11.2. The Morgan fingerprint density at radius 3 is 2.50 bits per heavy atom. The highest BCUT2D eigenvalue weighted by Gasteiger charge is 2.39. The second-order valence-electron chi connectivity index (χ2n) is 8.47. The molecule has 0 saturated heterocycles. The molecule has 32 heavy (non-hydrogen) atoms. The zero-order valence-electron chi connectivity index (χ0n) is 18.5. The first-order chi connectivity index (χ1) is 15.1. The molecule has 6 nitrogen and oxygen atoms in total. The molecule has 0 aliphatic heterocycles. The highest BCUT2D eigenvalue weighted by Crippen LogP contribution is 2.43. The van der Waals surface area contributed by atoms with Crippen LogP contribution in [0.2, 0.25) is 0 Å². The Kier molecular flexibility index (Phi) is 5.60. The molecule has 1 aliphatic rings. The number of hydrogen-bond acceptors (Lipinski definition) is 3. The minimum absolute atomic E-state index is 0.0224. The standard InChI is InChI=1S/C23H26F3N5O/c1-13-7-5-6-8-18(13)12-30-15(3)21(14(2)28-30)27-22(32)16(4)31-19(17-9-10-17)11-20(29-31)23(24,25)26/h5-8,11,16-17H,9-10,12H2,1-4H3,(H,27,32). The first kappa shape index (κ1) is 22.1. The predicted octanol–water partition coefficient (Wildman–Crippen LogP) is 5.15. The molecule has 2 heterocycles. The molecule has 4 rings (SSSR count). The van der Waals surface area contributed by atoms with E-state index in [4.69, 9.17) is 0 Å². The van der Waals surface area contributed by atoms with Crippen LogP contribution in [0.15, 0.2) is 30.3 Å². The average molecular weight is 445 g/mol. The molecule has 1 saturated carbocycles. The van der Waals surface area contributed by atoms with E-state index < -0.39 is 23.8 Å². The van der Waals surface area contributed by atoms with E-state index in [9.17, 15) is 18.0 Å². The Labute approximate surface area is 184 Å². The fourth-order valence-corrected chi connectivity index (χ4v) is 3.86. The molecule has 0 bridgehead atoms. The van der Waals surface area contributed by atoms with E-state index in [1.54, 1.807) is 13.8 Å². The summed E-state index contributed by atoms with van der Waals surface area (Å²) in [5.41, 5.74) is 3.77. The van der Waals surface area contributed by atoms with E-state index in [1.807, 2.05) is 42.8 Å². The van der Waals surface area contributed by atoms with Gasteiger partial charge in [0.15, 0.2) is 5.69 Å². The first-order valence-electron chi connectivity index (χ1n) is 10.6. The van der Waals surface area contributed by atoms with Crippen LogP contribution in [0.1, 0.15) is 65.6 Å². The minimum atomic E-state index is -4.55. The van der Waals surface area contributed by atoms with Gasteiger partial charge in [-0.1, -0.05) is 24.3 Å². The first-order valence-corrected chi connectivity index (χ1v) is 10.6. The number of nitrogens with zero attached hydrogens (tertiary/aromatic N) is 4.